The number of phenolic OH excluding ortho intramolecular Hbond substituents is 2. The number of phenols is 2. The fraction of sp³-hybridized carbons (Fsp3) is 0.294. The lowest BCUT2D eigenvalue weighted by atomic mass is 9.96. The number of benzene rings is 4. The van der Waals surface area contributed by atoms with Crippen LogP contribution in [0.2, 0.25) is 0 Å². The predicted octanol–water partition coefficient (Wildman–Crippen LogP) is 7.37. The maximum absolute atomic E-state index is 11.6. The van der Waals surface area contributed by atoms with E-state index in [1.807, 2.05) is 73.7 Å². The van der Waals surface area contributed by atoms with Gasteiger partial charge in [-0.2, -0.15) is 0 Å². The highest BCUT2D eigenvalue weighted by Gasteiger charge is 2.19. The minimum absolute atomic E-state index is 0.0890. The van der Waals surface area contributed by atoms with Gasteiger partial charge in [0, 0.05) is 17.5 Å². The Balaban J connectivity index is 1.37. The van der Waals surface area contributed by atoms with Crippen molar-refractivity contribution < 1.29 is 10.2 Å². The van der Waals surface area contributed by atoms with Crippen LogP contribution in [0.15, 0.2) is 72.8 Å². The molecular formula is C34H36N6O2. The van der Waals surface area contributed by atoms with Crippen molar-refractivity contribution in [3.05, 3.63) is 95.1 Å². The Bertz CT molecular complexity index is 1790. The summed E-state index contributed by atoms with van der Waals surface area (Å²) in [4.78, 5) is 3.00. The molecule has 2 N–H and O–H groups in total. The van der Waals surface area contributed by atoms with Crippen LogP contribution in [0.1, 0.15) is 67.7 Å². The minimum Gasteiger partial charge on any atom is -0.505 e. The first-order chi connectivity index (χ1) is 20.5. The standard InChI is InChI=1S/C34H36N6O2/c1-3-4-5-6-7-8-13-24-20-26(34(42)32(21-24)40-37-29-16-11-12-17-30(29)38-40)22-25-18-23(2)19-31(33(25)41)39-35-27-14-9-10-15-28(27)36-39/h9-12,14-21,41-42H,3-8,13,22H2,1-2H3. The Morgan fingerprint density at radius 1 is 0.595 bits per heavy atom. The van der Waals surface area contributed by atoms with Crippen molar-refractivity contribution in [3.63, 3.8) is 0 Å². The van der Waals surface area contributed by atoms with Gasteiger partial charge in [-0.25, -0.2) is 0 Å². The Morgan fingerprint density at radius 3 is 1.62 bits per heavy atom. The first-order valence-corrected chi connectivity index (χ1v) is 14.8. The molecule has 6 rings (SSSR count). The Kier molecular flexibility index (Phi) is 7.86. The number of hydrogen-bond acceptors (Lipinski definition) is 6. The molecule has 0 aliphatic carbocycles. The van der Waals surface area contributed by atoms with Crippen molar-refractivity contribution in [3.8, 4) is 22.9 Å². The molecule has 8 heteroatoms. The van der Waals surface area contributed by atoms with E-state index in [0.717, 1.165) is 46.0 Å². The van der Waals surface area contributed by atoms with Gasteiger partial charge in [0.1, 0.15) is 44.9 Å². The van der Waals surface area contributed by atoms with Crippen LogP contribution in [0.5, 0.6) is 11.5 Å². The Labute approximate surface area is 245 Å². The fourth-order valence-electron chi connectivity index (χ4n) is 5.54. The third kappa shape index (κ3) is 5.70. The molecular weight excluding hydrogens is 524 g/mol. The molecule has 0 fully saturated rings. The number of unbranched alkanes of at least 4 members (excludes halogenated alkanes) is 5. The second-order valence-electron chi connectivity index (χ2n) is 11.1. The molecule has 0 amide bonds. The van der Waals surface area contributed by atoms with Crippen LogP contribution in [0.25, 0.3) is 33.4 Å². The molecule has 4 aromatic carbocycles. The summed E-state index contributed by atoms with van der Waals surface area (Å²) in [6, 6.07) is 23.2. The lowest BCUT2D eigenvalue weighted by Gasteiger charge is -2.15. The van der Waals surface area contributed by atoms with Crippen LogP contribution in [-0.4, -0.2) is 40.2 Å². The summed E-state index contributed by atoms with van der Waals surface area (Å²) in [5.41, 5.74) is 7.54. The van der Waals surface area contributed by atoms with Crippen molar-refractivity contribution in [2.24, 2.45) is 0 Å². The van der Waals surface area contributed by atoms with E-state index >= 15 is 0 Å². The van der Waals surface area contributed by atoms with Gasteiger partial charge in [0.25, 0.3) is 0 Å². The SMILES string of the molecule is CCCCCCCCc1cc(Cc2cc(C)cc(-n3nc4ccccc4n3)c2O)c(O)c(-n2nc3ccccc3n2)c1. The van der Waals surface area contributed by atoms with Crippen LogP contribution < -0.4 is 0 Å². The van der Waals surface area contributed by atoms with Gasteiger partial charge < -0.3 is 10.2 Å². The van der Waals surface area contributed by atoms with Crippen LogP contribution in [0.4, 0.5) is 0 Å². The highest BCUT2D eigenvalue weighted by Crippen LogP contribution is 2.35. The van der Waals surface area contributed by atoms with E-state index in [2.05, 4.69) is 33.4 Å². The molecule has 0 spiro atoms. The number of nitrogens with zero attached hydrogens (tertiary/aromatic N) is 6. The third-order valence-corrected chi connectivity index (χ3v) is 7.75. The number of aromatic hydroxyl groups is 2. The third-order valence-electron chi connectivity index (χ3n) is 7.75. The molecule has 0 saturated heterocycles. The lowest BCUT2D eigenvalue weighted by Crippen LogP contribution is -2.05. The maximum atomic E-state index is 11.6. The molecule has 0 unspecified atom stereocenters. The first kappa shape index (κ1) is 27.4. The molecule has 6 aromatic rings. The van der Waals surface area contributed by atoms with Crippen molar-refractivity contribution in [1.82, 2.24) is 30.0 Å². The Morgan fingerprint density at radius 2 is 1.07 bits per heavy atom. The average Bonchev–Trinajstić information content (AvgIpc) is 3.62. The molecule has 0 atom stereocenters. The maximum Gasteiger partial charge on any atom is 0.146 e. The molecule has 214 valence electrons. The zero-order chi connectivity index (χ0) is 29.1. The lowest BCUT2D eigenvalue weighted by molar-refractivity contribution is 0.455. The minimum atomic E-state index is 0.0890. The summed E-state index contributed by atoms with van der Waals surface area (Å²) in [6.07, 6.45) is 8.46. The molecule has 0 aliphatic rings. The summed E-state index contributed by atoms with van der Waals surface area (Å²) in [5.74, 6) is 0.193. The monoisotopic (exact) mass is 560 g/mol. The van der Waals surface area contributed by atoms with Gasteiger partial charge in [0.2, 0.25) is 0 Å². The second-order valence-corrected chi connectivity index (χ2v) is 11.1. The zero-order valence-corrected chi connectivity index (χ0v) is 24.2. The number of aryl methyl sites for hydroxylation is 2. The van der Waals surface area contributed by atoms with E-state index in [1.54, 1.807) is 0 Å². The smallest absolute Gasteiger partial charge is 0.146 e. The van der Waals surface area contributed by atoms with E-state index in [4.69, 9.17) is 0 Å². The van der Waals surface area contributed by atoms with Gasteiger partial charge in [-0.15, -0.1) is 30.0 Å². The van der Waals surface area contributed by atoms with Crippen molar-refractivity contribution in [1.29, 1.82) is 0 Å². The van der Waals surface area contributed by atoms with E-state index < -0.39 is 0 Å². The highest BCUT2D eigenvalue weighted by molar-refractivity contribution is 5.74. The molecule has 0 bridgehead atoms. The normalized spacial score (nSPS) is 11.6. The van der Waals surface area contributed by atoms with Crippen LogP contribution in [0, 0.1) is 6.92 Å². The van der Waals surface area contributed by atoms with Gasteiger partial charge in [0.05, 0.1) is 0 Å². The fourth-order valence-corrected chi connectivity index (χ4v) is 5.54. The summed E-state index contributed by atoms with van der Waals surface area (Å²) < 4.78 is 0. The molecule has 8 nitrogen and oxygen atoms in total. The highest BCUT2D eigenvalue weighted by atomic mass is 16.3. The van der Waals surface area contributed by atoms with E-state index in [-0.39, 0.29) is 11.5 Å². The summed E-state index contributed by atoms with van der Waals surface area (Å²) in [5, 5.41) is 41.4. The molecule has 2 heterocycles. The number of hydrogen-bond donors (Lipinski definition) is 2. The zero-order valence-electron chi connectivity index (χ0n) is 24.2. The van der Waals surface area contributed by atoms with Gasteiger partial charge in [-0.1, -0.05) is 75.4 Å². The van der Waals surface area contributed by atoms with Crippen molar-refractivity contribution in [2.75, 3.05) is 0 Å². The topological polar surface area (TPSA) is 102 Å². The molecule has 0 saturated carbocycles. The molecule has 0 radical (unpaired) electrons. The number of rotatable bonds is 11. The van der Waals surface area contributed by atoms with Gasteiger partial charge in [-0.3, -0.25) is 0 Å². The predicted molar refractivity (Wildman–Crippen MR) is 166 cm³/mol. The number of fused-ring (bicyclic) bond motifs is 2. The summed E-state index contributed by atoms with van der Waals surface area (Å²) >= 11 is 0. The number of aromatic nitrogens is 6. The molecule has 0 aliphatic heterocycles. The van der Waals surface area contributed by atoms with Gasteiger partial charge in [0.15, 0.2) is 0 Å². The van der Waals surface area contributed by atoms with Crippen LogP contribution in [0.3, 0.4) is 0 Å². The molecule has 42 heavy (non-hydrogen) atoms. The summed E-state index contributed by atoms with van der Waals surface area (Å²) in [7, 11) is 0. The largest absolute Gasteiger partial charge is 0.505 e. The van der Waals surface area contributed by atoms with E-state index in [1.165, 1.54) is 41.7 Å². The van der Waals surface area contributed by atoms with Crippen molar-refractivity contribution in [2.45, 2.75) is 65.2 Å². The average molecular weight is 561 g/mol. The van der Waals surface area contributed by atoms with Crippen LogP contribution in [-0.2, 0) is 12.8 Å². The van der Waals surface area contributed by atoms with Gasteiger partial charge >= 0.3 is 0 Å². The van der Waals surface area contributed by atoms with E-state index in [0.29, 0.717) is 28.9 Å². The Hall–Kier alpha value is -4.72. The first-order valence-electron chi connectivity index (χ1n) is 14.8. The van der Waals surface area contributed by atoms with Crippen LogP contribution >= 0.6 is 0 Å². The summed E-state index contributed by atoms with van der Waals surface area (Å²) in [6.45, 7) is 4.21. The van der Waals surface area contributed by atoms with Crippen molar-refractivity contribution >= 4 is 22.1 Å². The van der Waals surface area contributed by atoms with Gasteiger partial charge in [-0.05, 0) is 67.3 Å². The molecule has 2 aromatic heterocycles. The second kappa shape index (κ2) is 12.0. The van der Waals surface area contributed by atoms with E-state index in [9.17, 15) is 10.2 Å². The quantitative estimate of drug-likeness (QED) is 0.160.